The van der Waals surface area contributed by atoms with Gasteiger partial charge in [0.05, 0.1) is 11.0 Å². The molecule has 168 valence electrons. The number of carbonyl (C=O) groups is 2. The maximum absolute atomic E-state index is 13.5. The van der Waals surface area contributed by atoms with Crippen LogP contribution in [0.15, 0.2) is 78.9 Å². The van der Waals surface area contributed by atoms with Crippen LogP contribution >= 0.6 is 0 Å². The maximum atomic E-state index is 13.5. The summed E-state index contributed by atoms with van der Waals surface area (Å²) in [6.07, 6.45) is 0.408. The monoisotopic (exact) mass is 440 g/mol. The molecule has 1 heterocycles. The second-order valence-corrected chi connectivity index (χ2v) is 8.23. The lowest BCUT2D eigenvalue weighted by Crippen LogP contribution is -2.49. The van der Waals surface area contributed by atoms with Crippen molar-refractivity contribution in [1.29, 1.82) is 0 Å². The number of para-hydroxylation sites is 3. The number of aromatic nitrogens is 2. The molecule has 0 spiro atoms. The Kier molecular flexibility index (Phi) is 6.54. The SMILES string of the molecule is Cc1ccccc1N(C)C(=O)[C@H](Cc1ccccc1)NC(=O)Cn1c(C)nc2ccccc21. The zero-order chi connectivity index (χ0) is 23.4. The van der Waals surface area contributed by atoms with Crippen molar-refractivity contribution in [2.24, 2.45) is 0 Å². The Morgan fingerprint density at radius 2 is 1.61 bits per heavy atom. The molecule has 0 fully saturated rings. The largest absolute Gasteiger partial charge is 0.342 e. The number of nitrogens with one attached hydrogen (secondary N) is 1. The zero-order valence-electron chi connectivity index (χ0n) is 19.2. The lowest BCUT2D eigenvalue weighted by molar-refractivity contribution is -0.127. The predicted molar refractivity (Wildman–Crippen MR) is 131 cm³/mol. The van der Waals surface area contributed by atoms with Gasteiger partial charge in [-0.25, -0.2) is 4.98 Å². The third kappa shape index (κ3) is 4.95. The van der Waals surface area contributed by atoms with Crippen LogP contribution in [0.4, 0.5) is 5.69 Å². The van der Waals surface area contributed by atoms with Crippen LogP contribution in [-0.4, -0.2) is 34.5 Å². The summed E-state index contributed by atoms with van der Waals surface area (Å²) < 4.78 is 1.87. The predicted octanol–water partition coefficient (Wildman–Crippen LogP) is 4.04. The van der Waals surface area contributed by atoms with Gasteiger partial charge in [0.25, 0.3) is 0 Å². The van der Waals surface area contributed by atoms with Crippen LogP contribution in [0.25, 0.3) is 11.0 Å². The van der Waals surface area contributed by atoms with Crippen molar-refractivity contribution in [3.8, 4) is 0 Å². The second kappa shape index (κ2) is 9.69. The minimum atomic E-state index is -0.695. The van der Waals surface area contributed by atoms with Crippen LogP contribution in [0.5, 0.6) is 0 Å². The van der Waals surface area contributed by atoms with E-state index in [1.807, 2.05) is 97.3 Å². The van der Waals surface area contributed by atoms with E-state index in [1.54, 1.807) is 11.9 Å². The van der Waals surface area contributed by atoms with E-state index in [1.165, 1.54) is 0 Å². The third-order valence-corrected chi connectivity index (χ3v) is 5.87. The summed E-state index contributed by atoms with van der Waals surface area (Å²) in [7, 11) is 1.75. The summed E-state index contributed by atoms with van der Waals surface area (Å²) in [6, 6.07) is 24.5. The molecule has 6 heteroatoms. The van der Waals surface area contributed by atoms with Gasteiger partial charge in [-0.2, -0.15) is 0 Å². The summed E-state index contributed by atoms with van der Waals surface area (Å²) in [5.74, 6) is 0.372. The van der Waals surface area contributed by atoms with Gasteiger partial charge in [-0.1, -0.05) is 60.7 Å². The second-order valence-electron chi connectivity index (χ2n) is 8.23. The molecule has 0 aliphatic heterocycles. The van der Waals surface area contributed by atoms with Gasteiger partial charge in [-0.05, 0) is 43.2 Å². The number of rotatable bonds is 7. The van der Waals surface area contributed by atoms with Crippen molar-refractivity contribution >= 4 is 28.5 Å². The van der Waals surface area contributed by atoms with Gasteiger partial charge < -0.3 is 14.8 Å². The van der Waals surface area contributed by atoms with Crippen LogP contribution in [0.1, 0.15) is 17.0 Å². The number of likely N-dealkylation sites (N-methyl/N-ethyl adjacent to an activating group) is 1. The van der Waals surface area contributed by atoms with E-state index in [0.717, 1.165) is 33.7 Å². The lowest BCUT2D eigenvalue weighted by Gasteiger charge is -2.26. The van der Waals surface area contributed by atoms with E-state index < -0.39 is 6.04 Å². The molecule has 1 atom stereocenters. The summed E-state index contributed by atoms with van der Waals surface area (Å²) in [5.41, 5.74) is 4.55. The average Bonchev–Trinajstić information content (AvgIpc) is 3.13. The van der Waals surface area contributed by atoms with Gasteiger partial charge in [-0.3, -0.25) is 9.59 Å². The number of aryl methyl sites for hydroxylation is 2. The van der Waals surface area contributed by atoms with Crippen molar-refractivity contribution in [3.05, 3.63) is 95.8 Å². The van der Waals surface area contributed by atoms with Crippen molar-refractivity contribution in [2.45, 2.75) is 32.9 Å². The fourth-order valence-corrected chi connectivity index (χ4v) is 4.12. The molecule has 4 aromatic rings. The topological polar surface area (TPSA) is 67.2 Å². The summed E-state index contributed by atoms with van der Waals surface area (Å²) in [5, 5.41) is 2.99. The quantitative estimate of drug-likeness (QED) is 0.472. The van der Waals surface area contributed by atoms with Crippen LogP contribution < -0.4 is 10.2 Å². The smallest absolute Gasteiger partial charge is 0.249 e. The van der Waals surface area contributed by atoms with Crippen molar-refractivity contribution < 1.29 is 9.59 Å². The highest BCUT2D eigenvalue weighted by atomic mass is 16.2. The normalized spacial score (nSPS) is 11.8. The van der Waals surface area contributed by atoms with Crippen LogP contribution in [0.3, 0.4) is 0 Å². The number of carbonyl (C=O) groups excluding carboxylic acids is 2. The van der Waals surface area contributed by atoms with Crippen LogP contribution in [-0.2, 0) is 22.6 Å². The van der Waals surface area contributed by atoms with E-state index in [2.05, 4.69) is 10.3 Å². The molecule has 4 rings (SSSR count). The standard InChI is InChI=1S/C27H28N4O2/c1-19-11-7-9-15-24(19)30(3)27(33)23(17-21-12-5-4-6-13-21)29-26(32)18-31-20(2)28-22-14-8-10-16-25(22)31/h4-16,23H,17-18H2,1-3H3,(H,29,32)/t23-/m0/s1. The molecule has 33 heavy (non-hydrogen) atoms. The van der Waals surface area contributed by atoms with E-state index >= 15 is 0 Å². The fraction of sp³-hybridized carbons (Fsp3) is 0.222. The van der Waals surface area contributed by atoms with Gasteiger partial charge >= 0.3 is 0 Å². The number of hydrogen-bond acceptors (Lipinski definition) is 3. The number of amides is 2. The molecular formula is C27H28N4O2. The number of benzene rings is 3. The first-order chi connectivity index (χ1) is 15.9. The molecule has 0 aliphatic carbocycles. The van der Waals surface area contributed by atoms with Gasteiger partial charge in [0.2, 0.25) is 11.8 Å². The Morgan fingerprint density at radius 3 is 2.36 bits per heavy atom. The number of fused-ring (bicyclic) bond motifs is 1. The highest BCUT2D eigenvalue weighted by molar-refractivity contribution is 5.99. The van der Waals surface area contributed by atoms with E-state index in [-0.39, 0.29) is 18.4 Å². The lowest BCUT2D eigenvalue weighted by atomic mass is 10.0. The van der Waals surface area contributed by atoms with Crippen molar-refractivity contribution in [2.75, 3.05) is 11.9 Å². The Balaban J connectivity index is 1.57. The summed E-state index contributed by atoms with van der Waals surface area (Å²) in [6.45, 7) is 3.95. The zero-order valence-corrected chi connectivity index (χ0v) is 19.2. The fourth-order valence-electron chi connectivity index (χ4n) is 4.12. The molecule has 1 aromatic heterocycles. The molecule has 0 unspecified atom stereocenters. The van der Waals surface area contributed by atoms with Crippen LogP contribution in [0.2, 0.25) is 0 Å². The highest BCUT2D eigenvalue weighted by Gasteiger charge is 2.26. The van der Waals surface area contributed by atoms with Gasteiger partial charge in [0.15, 0.2) is 0 Å². The minimum Gasteiger partial charge on any atom is -0.342 e. The van der Waals surface area contributed by atoms with Gasteiger partial charge in [0, 0.05) is 19.2 Å². The molecular weight excluding hydrogens is 412 g/mol. The first-order valence-corrected chi connectivity index (χ1v) is 11.0. The molecule has 2 amide bonds. The van der Waals surface area contributed by atoms with E-state index in [0.29, 0.717) is 6.42 Å². The molecule has 0 saturated carbocycles. The Bertz CT molecular complexity index is 1280. The summed E-state index contributed by atoms with van der Waals surface area (Å²) >= 11 is 0. The average molecular weight is 441 g/mol. The Labute approximate surface area is 193 Å². The molecule has 0 aliphatic rings. The third-order valence-electron chi connectivity index (χ3n) is 5.87. The van der Waals surface area contributed by atoms with Gasteiger partial charge in [0.1, 0.15) is 18.4 Å². The Hall–Kier alpha value is -3.93. The molecule has 0 saturated heterocycles. The first kappa shape index (κ1) is 22.3. The molecule has 0 bridgehead atoms. The minimum absolute atomic E-state index is 0.0962. The molecule has 1 N–H and O–H groups in total. The highest BCUT2D eigenvalue weighted by Crippen LogP contribution is 2.20. The van der Waals surface area contributed by atoms with E-state index in [4.69, 9.17) is 0 Å². The van der Waals surface area contributed by atoms with E-state index in [9.17, 15) is 9.59 Å². The molecule has 3 aromatic carbocycles. The molecule has 0 radical (unpaired) electrons. The number of imidazole rings is 1. The maximum Gasteiger partial charge on any atom is 0.249 e. The van der Waals surface area contributed by atoms with Crippen LogP contribution in [0, 0.1) is 13.8 Å². The number of anilines is 1. The summed E-state index contributed by atoms with van der Waals surface area (Å²) in [4.78, 5) is 32.8. The number of nitrogens with zero attached hydrogens (tertiary/aromatic N) is 3. The Morgan fingerprint density at radius 1 is 0.939 bits per heavy atom. The van der Waals surface area contributed by atoms with Gasteiger partial charge in [-0.15, -0.1) is 0 Å². The first-order valence-electron chi connectivity index (χ1n) is 11.0. The number of hydrogen-bond donors (Lipinski definition) is 1. The van der Waals surface area contributed by atoms with Crippen molar-refractivity contribution in [1.82, 2.24) is 14.9 Å². The molecule has 6 nitrogen and oxygen atoms in total. The van der Waals surface area contributed by atoms with Crippen molar-refractivity contribution in [3.63, 3.8) is 0 Å².